The monoisotopic (exact) mass is 602 g/mol. The summed E-state index contributed by atoms with van der Waals surface area (Å²) in [5, 5.41) is 27.8. The molecular weight excluding hydrogens is 569 g/mol. The van der Waals surface area contributed by atoms with Gasteiger partial charge in [0.25, 0.3) is 5.91 Å². The van der Waals surface area contributed by atoms with Gasteiger partial charge in [0.05, 0.1) is 19.3 Å². The standard InChI is InChI=1S/C28H32N4O4.C2HF3O2/c1-2-31-25(13-16-29-31)30-26(33)20-32-17-14-21(15-18-32)24(19-32)36-27(34)28(35,22-9-5-3-6-10-22)23-11-7-4-8-12-23;3-2(4,5)1(6)7/h3-13,16,21,24,35H,2,14-15,17-20H2,1H3;(H,6,7)/t21?,24-,32?;/m0./s1. The number of hydrogen-bond donors (Lipinski definition) is 2. The topological polar surface area (TPSA) is 134 Å². The van der Waals surface area contributed by atoms with E-state index in [4.69, 9.17) is 14.6 Å². The number of benzene rings is 2. The molecule has 3 aromatic rings. The Balaban J connectivity index is 0.000000541. The Morgan fingerprint density at radius 1 is 1.02 bits per heavy atom. The quantitative estimate of drug-likeness (QED) is 0.299. The van der Waals surface area contributed by atoms with Crippen molar-refractivity contribution in [1.82, 2.24) is 9.78 Å². The minimum absolute atomic E-state index is 0.0688. The third-order valence-electron chi connectivity index (χ3n) is 7.97. The predicted molar refractivity (Wildman–Crippen MR) is 146 cm³/mol. The number of esters is 1. The average Bonchev–Trinajstić information content (AvgIpc) is 3.44. The van der Waals surface area contributed by atoms with Crippen molar-refractivity contribution in [3.63, 3.8) is 0 Å². The maximum atomic E-state index is 13.7. The molecule has 0 saturated carbocycles. The number of fused-ring (bicyclic) bond motifs is 3. The van der Waals surface area contributed by atoms with Crippen LogP contribution in [-0.4, -0.2) is 75.7 Å². The van der Waals surface area contributed by atoms with Crippen LogP contribution in [0.15, 0.2) is 72.9 Å². The summed E-state index contributed by atoms with van der Waals surface area (Å²) >= 11 is 0. The number of carbonyl (C=O) groups excluding carboxylic acids is 3. The number of anilines is 1. The summed E-state index contributed by atoms with van der Waals surface area (Å²) in [6.07, 6.45) is -2.11. The van der Waals surface area contributed by atoms with E-state index in [1.165, 1.54) is 0 Å². The normalized spacial score (nSPS) is 21.3. The zero-order chi connectivity index (χ0) is 31.3. The molecular formula is C30H33F3N4O6. The Hall–Kier alpha value is -4.23. The minimum Gasteiger partial charge on any atom is -0.542 e. The molecule has 0 spiro atoms. The van der Waals surface area contributed by atoms with Crippen LogP contribution >= 0.6 is 0 Å². The molecule has 230 valence electrons. The van der Waals surface area contributed by atoms with Gasteiger partial charge in [-0.25, -0.2) is 9.48 Å². The number of alkyl halides is 3. The van der Waals surface area contributed by atoms with Gasteiger partial charge in [0.2, 0.25) is 5.60 Å². The lowest BCUT2D eigenvalue weighted by Gasteiger charge is -2.51. The molecule has 1 atom stereocenters. The van der Waals surface area contributed by atoms with Gasteiger partial charge in [0.15, 0.2) is 12.6 Å². The van der Waals surface area contributed by atoms with Crippen LogP contribution in [0.4, 0.5) is 19.0 Å². The molecule has 4 heterocycles. The SMILES string of the molecule is CCn1nccc1NC(=O)C[N+]12CCC(CC1)[C@@H](OC(=O)C(O)(c1ccccc1)c1ccccc1)C2.O=C([O-])C(F)(F)F. The lowest BCUT2D eigenvalue weighted by Crippen LogP contribution is -2.66. The summed E-state index contributed by atoms with van der Waals surface area (Å²) in [5.74, 6) is -2.83. The van der Waals surface area contributed by atoms with Crippen LogP contribution in [0.2, 0.25) is 0 Å². The van der Waals surface area contributed by atoms with Gasteiger partial charge in [-0.15, -0.1) is 0 Å². The molecule has 0 radical (unpaired) electrons. The number of carboxylic acids is 1. The van der Waals surface area contributed by atoms with Gasteiger partial charge < -0.3 is 29.5 Å². The number of nitrogens with one attached hydrogen (secondary N) is 1. The average molecular weight is 603 g/mol. The molecule has 2 N–H and O–H groups in total. The van der Waals surface area contributed by atoms with Crippen LogP contribution in [0, 0.1) is 5.92 Å². The number of aliphatic hydroxyl groups is 1. The molecule has 2 aromatic carbocycles. The fourth-order valence-corrected chi connectivity index (χ4v) is 5.74. The van der Waals surface area contributed by atoms with Gasteiger partial charge >= 0.3 is 12.1 Å². The number of rotatable bonds is 8. The molecule has 0 unspecified atom stereocenters. The molecule has 2 bridgehead atoms. The lowest BCUT2D eigenvalue weighted by atomic mass is 9.82. The largest absolute Gasteiger partial charge is 0.542 e. The number of aliphatic carboxylic acids is 1. The Labute approximate surface area is 246 Å². The first-order chi connectivity index (χ1) is 20.4. The van der Waals surface area contributed by atoms with Crippen LogP contribution in [0.5, 0.6) is 0 Å². The Kier molecular flexibility index (Phi) is 9.55. The first kappa shape index (κ1) is 31.7. The highest BCUT2D eigenvalue weighted by atomic mass is 19.4. The smallest absolute Gasteiger partial charge is 0.430 e. The number of halogens is 3. The Morgan fingerprint density at radius 2 is 1.56 bits per heavy atom. The van der Waals surface area contributed by atoms with E-state index in [9.17, 15) is 27.9 Å². The van der Waals surface area contributed by atoms with E-state index in [2.05, 4.69) is 10.4 Å². The molecule has 3 fully saturated rings. The molecule has 1 amide bonds. The number of aromatic nitrogens is 2. The van der Waals surface area contributed by atoms with Crippen LogP contribution in [0.25, 0.3) is 0 Å². The second-order valence-electron chi connectivity index (χ2n) is 10.7. The number of quaternary nitrogens is 1. The molecule has 3 aliphatic rings. The third kappa shape index (κ3) is 7.23. The molecule has 43 heavy (non-hydrogen) atoms. The Bertz CT molecular complexity index is 1370. The van der Waals surface area contributed by atoms with Crippen molar-refractivity contribution < 1.29 is 47.0 Å². The van der Waals surface area contributed by atoms with Crippen LogP contribution in [-0.2, 0) is 31.3 Å². The van der Waals surface area contributed by atoms with Gasteiger partial charge in [0, 0.05) is 31.4 Å². The number of ether oxygens (including phenoxy) is 1. The van der Waals surface area contributed by atoms with E-state index in [0.717, 1.165) is 25.9 Å². The predicted octanol–water partition coefficient (Wildman–Crippen LogP) is 2.23. The molecule has 13 heteroatoms. The summed E-state index contributed by atoms with van der Waals surface area (Å²) in [5.41, 5.74) is -0.966. The second-order valence-corrected chi connectivity index (χ2v) is 10.7. The summed E-state index contributed by atoms with van der Waals surface area (Å²) < 4.78 is 40.0. The highest BCUT2D eigenvalue weighted by molar-refractivity contribution is 5.90. The van der Waals surface area contributed by atoms with Crippen LogP contribution in [0.3, 0.4) is 0 Å². The van der Waals surface area contributed by atoms with E-state index < -0.39 is 23.7 Å². The van der Waals surface area contributed by atoms with Crippen LogP contribution < -0.4 is 10.4 Å². The number of amides is 1. The number of nitrogens with zero attached hydrogens (tertiary/aromatic N) is 3. The van der Waals surface area contributed by atoms with Crippen molar-refractivity contribution in [3.05, 3.63) is 84.1 Å². The van der Waals surface area contributed by atoms with E-state index in [1.807, 2.05) is 19.1 Å². The fourth-order valence-electron chi connectivity index (χ4n) is 5.74. The molecule has 10 nitrogen and oxygen atoms in total. The van der Waals surface area contributed by atoms with Gasteiger partial charge in [-0.1, -0.05) is 60.7 Å². The molecule has 3 saturated heterocycles. The summed E-state index contributed by atoms with van der Waals surface area (Å²) in [6.45, 7) is 5.29. The zero-order valence-corrected chi connectivity index (χ0v) is 23.5. The van der Waals surface area contributed by atoms with Crippen molar-refractivity contribution in [2.24, 2.45) is 5.92 Å². The van der Waals surface area contributed by atoms with Crippen molar-refractivity contribution in [3.8, 4) is 0 Å². The van der Waals surface area contributed by atoms with Crippen LogP contribution in [0.1, 0.15) is 30.9 Å². The van der Waals surface area contributed by atoms with E-state index in [-0.39, 0.29) is 17.9 Å². The van der Waals surface area contributed by atoms with Gasteiger partial charge in [-0.05, 0) is 18.1 Å². The number of carboxylic acid groups (broad SMARTS) is 1. The van der Waals surface area contributed by atoms with Crippen molar-refractivity contribution in [2.45, 2.75) is 44.2 Å². The highest BCUT2D eigenvalue weighted by Gasteiger charge is 2.51. The van der Waals surface area contributed by atoms with Crippen molar-refractivity contribution in [1.29, 1.82) is 0 Å². The first-order valence-corrected chi connectivity index (χ1v) is 13.9. The van der Waals surface area contributed by atoms with Gasteiger partial charge in [-0.2, -0.15) is 18.3 Å². The van der Waals surface area contributed by atoms with E-state index in [1.54, 1.807) is 65.5 Å². The lowest BCUT2D eigenvalue weighted by molar-refractivity contribution is -0.939. The summed E-state index contributed by atoms with van der Waals surface area (Å²) in [7, 11) is 0. The fraction of sp³-hybridized carbons (Fsp3) is 0.400. The number of hydrogen-bond acceptors (Lipinski definition) is 7. The molecule has 1 aromatic heterocycles. The van der Waals surface area contributed by atoms with Gasteiger partial charge in [-0.3, -0.25) is 4.79 Å². The number of piperidine rings is 3. The first-order valence-electron chi connectivity index (χ1n) is 13.9. The van der Waals surface area contributed by atoms with E-state index in [0.29, 0.717) is 41.1 Å². The second kappa shape index (κ2) is 13.0. The van der Waals surface area contributed by atoms with E-state index >= 15 is 0 Å². The molecule has 6 rings (SSSR count). The maximum Gasteiger partial charge on any atom is 0.430 e. The van der Waals surface area contributed by atoms with Crippen molar-refractivity contribution in [2.75, 3.05) is 31.5 Å². The third-order valence-corrected chi connectivity index (χ3v) is 7.97. The zero-order valence-electron chi connectivity index (χ0n) is 23.5. The Morgan fingerprint density at radius 3 is 2.05 bits per heavy atom. The summed E-state index contributed by atoms with van der Waals surface area (Å²) in [4.78, 5) is 35.4. The highest BCUT2D eigenvalue weighted by Crippen LogP contribution is 2.38. The van der Waals surface area contributed by atoms with Gasteiger partial charge in [0.1, 0.15) is 18.3 Å². The molecule has 0 aliphatic carbocycles. The summed E-state index contributed by atoms with van der Waals surface area (Å²) in [6, 6.07) is 19.6. The maximum absolute atomic E-state index is 13.7. The number of aryl methyl sites for hydroxylation is 1. The minimum atomic E-state index is -5.19. The molecule has 3 aliphatic heterocycles. The number of carbonyl (C=O) groups is 3. The van der Waals surface area contributed by atoms with Crippen molar-refractivity contribution >= 4 is 23.7 Å².